The van der Waals surface area contributed by atoms with Gasteiger partial charge in [0.15, 0.2) is 0 Å². The third-order valence-corrected chi connectivity index (χ3v) is 4.24. The molecule has 0 saturated heterocycles. The molecule has 0 aromatic carbocycles. The van der Waals surface area contributed by atoms with Crippen LogP contribution in [0.3, 0.4) is 0 Å². The van der Waals surface area contributed by atoms with Gasteiger partial charge in [-0.05, 0) is 36.8 Å². The van der Waals surface area contributed by atoms with Gasteiger partial charge in [0.1, 0.15) is 4.88 Å². The van der Waals surface area contributed by atoms with E-state index in [0.29, 0.717) is 11.4 Å². The fourth-order valence-corrected chi connectivity index (χ4v) is 2.86. The first-order valence-electron chi connectivity index (χ1n) is 6.50. The van der Waals surface area contributed by atoms with Crippen molar-refractivity contribution in [2.75, 3.05) is 13.2 Å². The highest BCUT2D eigenvalue weighted by Crippen LogP contribution is 2.23. The van der Waals surface area contributed by atoms with E-state index in [1.165, 1.54) is 11.3 Å². The molecule has 5 heteroatoms. The number of rotatable bonds is 8. The molecule has 0 aliphatic carbocycles. The Balaban J connectivity index is 2.46. The SMILES string of the molecule is Cc1sc(C(=O)O)cc1CNCC(C)(C)CCCO. The molecule has 0 radical (unpaired) electrons. The summed E-state index contributed by atoms with van der Waals surface area (Å²) in [6.07, 6.45) is 1.79. The standard InChI is InChI=1S/C14H23NO3S/c1-10-11(7-12(19-10)13(17)18)8-15-9-14(2,3)5-4-6-16/h7,15-16H,4-6,8-9H2,1-3H3,(H,17,18). The second-order valence-corrected chi connectivity index (χ2v) is 6.85. The molecule has 0 aliphatic rings. The topological polar surface area (TPSA) is 69.6 Å². The molecule has 0 spiro atoms. The Labute approximate surface area is 118 Å². The summed E-state index contributed by atoms with van der Waals surface area (Å²) in [5.41, 5.74) is 1.20. The van der Waals surface area contributed by atoms with Crippen molar-refractivity contribution in [3.63, 3.8) is 0 Å². The first-order chi connectivity index (χ1) is 8.85. The van der Waals surface area contributed by atoms with Gasteiger partial charge in [-0.1, -0.05) is 13.8 Å². The van der Waals surface area contributed by atoms with Crippen LogP contribution >= 0.6 is 11.3 Å². The third-order valence-electron chi connectivity index (χ3n) is 3.16. The molecule has 0 unspecified atom stereocenters. The Hall–Kier alpha value is -0.910. The van der Waals surface area contributed by atoms with Gasteiger partial charge in [0.2, 0.25) is 0 Å². The number of thiophene rings is 1. The van der Waals surface area contributed by atoms with Crippen molar-refractivity contribution in [2.24, 2.45) is 5.41 Å². The lowest BCUT2D eigenvalue weighted by molar-refractivity contribution is 0.0702. The molecule has 0 amide bonds. The molecule has 1 heterocycles. The monoisotopic (exact) mass is 285 g/mol. The average Bonchev–Trinajstić information content (AvgIpc) is 2.69. The van der Waals surface area contributed by atoms with Gasteiger partial charge in [0.05, 0.1) is 0 Å². The normalized spacial score (nSPS) is 11.8. The van der Waals surface area contributed by atoms with Crippen molar-refractivity contribution in [3.8, 4) is 0 Å². The van der Waals surface area contributed by atoms with Crippen molar-refractivity contribution in [1.82, 2.24) is 5.32 Å². The number of carboxylic acid groups (broad SMARTS) is 1. The van der Waals surface area contributed by atoms with Crippen molar-refractivity contribution >= 4 is 17.3 Å². The van der Waals surface area contributed by atoms with E-state index in [4.69, 9.17) is 10.2 Å². The molecule has 1 rings (SSSR count). The Morgan fingerprint density at radius 1 is 1.47 bits per heavy atom. The molecule has 4 nitrogen and oxygen atoms in total. The number of aryl methyl sites for hydroxylation is 1. The molecule has 0 aliphatic heterocycles. The van der Waals surface area contributed by atoms with Crippen LogP contribution in [0.4, 0.5) is 0 Å². The van der Waals surface area contributed by atoms with Gasteiger partial charge in [-0.3, -0.25) is 0 Å². The van der Waals surface area contributed by atoms with Gasteiger partial charge in [-0.15, -0.1) is 11.3 Å². The summed E-state index contributed by atoms with van der Waals surface area (Å²) < 4.78 is 0. The minimum atomic E-state index is -0.859. The van der Waals surface area contributed by atoms with E-state index in [2.05, 4.69) is 19.2 Å². The van der Waals surface area contributed by atoms with E-state index in [-0.39, 0.29) is 12.0 Å². The van der Waals surface area contributed by atoms with Gasteiger partial charge in [-0.2, -0.15) is 0 Å². The predicted molar refractivity (Wildman–Crippen MR) is 77.8 cm³/mol. The van der Waals surface area contributed by atoms with Crippen LogP contribution in [-0.2, 0) is 6.54 Å². The molecule has 0 fully saturated rings. The molecular formula is C14H23NO3S. The van der Waals surface area contributed by atoms with Gasteiger partial charge in [0.25, 0.3) is 0 Å². The molecule has 3 N–H and O–H groups in total. The van der Waals surface area contributed by atoms with Crippen molar-refractivity contribution < 1.29 is 15.0 Å². The van der Waals surface area contributed by atoms with E-state index in [1.807, 2.05) is 6.92 Å². The third kappa shape index (κ3) is 5.30. The number of aliphatic hydroxyl groups is 1. The molecule has 1 aromatic heterocycles. The number of carbonyl (C=O) groups is 1. The molecule has 19 heavy (non-hydrogen) atoms. The summed E-state index contributed by atoms with van der Waals surface area (Å²) in [4.78, 5) is 12.3. The average molecular weight is 285 g/mol. The zero-order valence-corrected chi connectivity index (χ0v) is 12.6. The number of nitrogens with one attached hydrogen (secondary N) is 1. The summed E-state index contributed by atoms with van der Waals surface area (Å²) in [5, 5.41) is 21.2. The van der Waals surface area contributed by atoms with E-state index < -0.39 is 5.97 Å². The summed E-state index contributed by atoms with van der Waals surface area (Å²) >= 11 is 1.32. The first kappa shape index (κ1) is 16.1. The Morgan fingerprint density at radius 3 is 2.68 bits per heavy atom. The molecule has 0 atom stereocenters. The highest BCUT2D eigenvalue weighted by Gasteiger charge is 2.17. The van der Waals surface area contributed by atoms with E-state index in [9.17, 15) is 4.79 Å². The molecule has 1 aromatic rings. The van der Waals surface area contributed by atoms with E-state index >= 15 is 0 Å². The van der Waals surface area contributed by atoms with Crippen LogP contribution in [0.25, 0.3) is 0 Å². The summed E-state index contributed by atoms with van der Waals surface area (Å²) in [5.74, 6) is -0.859. The maximum atomic E-state index is 10.9. The fourth-order valence-electron chi connectivity index (χ4n) is 1.98. The van der Waals surface area contributed by atoms with E-state index in [1.54, 1.807) is 6.07 Å². The van der Waals surface area contributed by atoms with Crippen LogP contribution in [-0.4, -0.2) is 29.3 Å². The quantitative estimate of drug-likeness (QED) is 0.687. The fraction of sp³-hybridized carbons (Fsp3) is 0.643. The second-order valence-electron chi connectivity index (χ2n) is 5.59. The van der Waals surface area contributed by atoms with Gasteiger partial charge in [-0.25, -0.2) is 4.79 Å². The number of hydrogen-bond donors (Lipinski definition) is 3. The Bertz CT molecular complexity index is 426. The Morgan fingerprint density at radius 2 is 2.16 bits per heavy atom. The largest absolute Gasteiger partial charge is 0.477 e. The molecular weight excluding hydrogens is 262 g/mol. The van der Waals surface area contributed by atoms with Crippen molar-refractivity contribution in [2.45, 2.75) is 40.2 Å². The number of aromatic carboxylic acids is 1. The second kappa shape index (κ2) is 7.03. The molecule has 0 bridgehead atoms. The number of aliphatic hydroxyl groups excluding tert-OH is 1. The smallest absolute Gasteiger partial charge is 0.345 e. The van der Waals surface area contributed by atoms with Gasteiger partial charge < -0.3 is 15.5 Å². The summed E-state index contributed by atoms with van der Waals surface area (Å²) in [6, 6.07) is 1.75. The van der Waals surface area contributed by atoms with Crippen LogP contribution in [0.2, 0.25) is 0 Å². The van der Waals surface area contributed by atoms with Crippen LogP contribution in [0.1, 0.15) is 46.8 Å². The Kier molecular flexibility index (Phi) is 5.97. The molecule has 108 valence electrons. The van der Waals surface area contributed by atoms with Crippen molar-refractivity contribution in [3.05, 3.63) is 21.4 Å². The lowest BCUT2D eigenvalue weighted by Crippen LogP contribution is -2.29. The number of hydrogen-bond acceptors (Lipinski definition) is 4. The zero-order chi connectivity index (χ0) is 14.5. The highest BCUT2D eigenvalue weighted by molar-refractivity contribution is 7.14. The van der Waals surface area contributed by atoms with Gasteiger partial charge >= 0.3 is 5.97 Å². The lowest BCUT2D eigenvalue weighted by atomic mass is 9.88. The zero-order valence-electron chi connectivity index (χ0n) is 11.8. The summed E-state index contributed by atoms with van der Waals surface area (Å²) in [6.45, 7) is 8.06. The maximum absolute atomic E-state index is 10.9. The lowest BCUT2D eigenvalue weighted by Gasteiger charge is -2.24. The van der Waals surface area contributed by atoms with Crippen molar-refractivity contribution in [1.29, 1.82) is 0 Å². The minimum absolute atomic E-state index is 0.141. The van der Waals surface area contributed by atoms with Crippen LogP contribution in [0.15, 0.2) is 6.07 Å². The minimum Gasteiger partial charge on any atom is -0.477 e. The van der Waals surface area contributed by atoms with Gasteiger partial charge in [0, 0.05) is 24.6 Å². The first-order valence-corrected chi connectivity index (χ1v) is 7.31. The molecule has 0 saturated carbocycles. The highest BCUT2D eigenvalue weighted by atomic mass is 32.1. The van der Waals surface area contributed by atoms with Crippen LogP contribution in [0.5, 0.6) is 0 Å². The summed E-state index contributed by atoms with van der Waals surface area (Å²) in [7, 11) is 0. The maximum Gasteiger partial charge on any atom is 0.345 e. The number of carboxylic acids is 1. The van der Waals surface area contributed by atoms with E-state index in [0.717, 1.165) is 29.8 Å². The predicted octanol–water partition coefficient (Wildman–Crippen LogP) is 2.64. The van der Waals surface area contributed by atoms with Crippen LogP contribution in [0, 0.1) is 12.3 Å². The van der Waals surface area contributed by atoms with Crippen LogP contribution < -0.4 is 5.32 Å².